The largest absolute Gasteiger partial charge is 0.338 e. The maximum Gasteiger partial charge on any atom is 0.234 e. The monoisotopic (exact) mass is 209 g/mol. The Bertz CT molecular complexity index is 435. The zero-order valence-corrected chi connectivity index (χ0v) is 8.24. The molecule has 2 aromatic heterocycles. The van der Waals surface area contributed by atoms with Gasteiger partial charge in [-0.15, -0.1) is 11.3 Å². The summed E-state index contributed by atoms with van der Waals surface area (Å²) < 4.78 is 4.88. The van der Waals surface area contributed by atoms with E-state index in [0.29, 0.717) is 17.4 Å². The van der Waals surface area contributed by atoms with Crippen molar-refractivity contribution in [1.29, 1.82) is 0 Å². The average molecular weight is 209 g/mol. The Labute approximate surface area is 83.8 Å². The highest BCUT2D eigenvalue weighted by molar-refractivity contribution is 7.07. The van der Waals surface area contributed by atoms with E-state index in [9.17, 15) is 4.79 Å². The van der Waals surface area contributed by atoms with Crippen LogP contribution >= 0.6 is 11.3 Å². The topological polar surface area (TPSA) is 68.9 Å². The summed E-state index contributed by atoms with van der Waals surface area (Å²) in [5, 5.41) is 5.54. The second kappa shape index (κ2) is 3.67. The molecule has 6 heteroatoms. The molecule has 0 unspecified atom stereocenters. The quantitative estimate of drug-likeness (QED) is 0.762. The Kier molecular flexibility index (Phi) is 2.36. The molecule has 0 fully saturated rings. The summed E-state index contributed by atoms with van der Waals surface area (Å²) in [6.45, 7) is 1.48. The van der Waals surface area contributed by atoms with E-state index in [4.69, 9.17) is 4.52 Å². The third-order valence-electron chi connectivity index (χ3n) is 1.53. The molecule has 0 bridgehead atoms. The molecule has 0 aromatic carbocycles. The molecule has 0 amide bonds. The number of nitrogens with zero attached hydrogens (tertiary/aromatic N) is 3. The number of hydrogen-bond donors (Lipinski definition) is 0. The average Bonchev–Trinajstić information content (AvgIpc) is 2.69. The van der Waals surface area contributed by atoms with Gasteiger partial charge in [0.2, 0.25) is 11.7 Å². The van der Waals surface area contributed by atoms with Crippen LogP contribution < -0.4 is 0 Å². The minimum atomic E-state index is -0.00141. The van der Waals surface area contributed by atoms with Crippen molar-refractivity contribution >= 4 is 17.1 Å². The lowest BCUT2D eigenvalue weighted by Gasteiger charge is -1.84. The van der Waals surface area contributed by atoms with Gasteiger partial charge < -0.3 is 4.52 Å². The van der Waals surface area contributed by atoms with Gasteiger partial charge in [-0.05, 0) is 6.92 Å². The van der Waals surface area contributed by atoms with Gasteiger partial charge in [-0.25, -0.2) is 4.98 Å². The minimum absolute atomic E-state index is 0.00141. The van der Waals surface area contributed by atoms with Crippen molar-refractivity contribution in [1.82, 2.24) is 15.1 Å². The molecule has 5 nitrogen and oxygen atoms in total. The van der Waals surface area contributed by atoms with E-state index in [1.165, 1.54) is 18.3 Å². The molecule has 2 heterocycles. The first-order valence-electron chi connectivity index (χ1n) is 3.96. The molecule has 0 N–H and O–H groups in total. The summed E-state index contributed by atoms with van der Waals surface area (Å²) in [7, 11) is 0. The summed E-state index contributed by atoms with van der Waals surface area (Å²) in [6.07, 6.45) is 0.178. The van der Waals surface area contributed by atoms with Crippen LogP contribution in [0.25, 0.3) is 11.5 Å². The lowest BCUT2D eigenvalue weighted by molar-refractivity contribution is -0.116. The third-order valence-corrected chi connectivity index (χ3v) is 2.12. The van der Waals surface area contributed by atoms with E-state index < -0.39 is 0 Å². The number of Topliss-reactive ketones (excluding diaryl/α,β-unsaturated/α-hetero) is 1. The van der Waals surface area contributed by atoms with Gasteiger partial charge in [-0.2, -0.15) is 4.98 Å². The van der Waals surface area contributed by atoms with E-state index >= 15 is 0 Å². The van der Waals surface area contributed by atoms with Crippen molar-refractivity contribution in [2.75, 3.05) is 0 Å². The van der Waals surface area contributed by atoms with Crippen LogP contribution in [0.3, 0.4) is 0 Å². The highest BCUT2D eigenvalue weighted by atomic mass is 32.1. The molecule has 14 heavy (non-hydrogen) atoms. The summed E-state index contributed by atoms with van der Waals surface area (Å²) in [5.41, 5.74) is 2.37. The molecule has 0 radical (unpaired) electrons. The van der Waals surface area contributed by atoms with E-state index in [0.717, 1.165) is 0 Å². The predicted octanol–water partition coefficient (Wildman–Crippen LogP) is 1.32. The molecule has 0 atom stereocenters. The van der Waals surface area contributed by atoms with Gasteiger partial charge in [-0.1, -0.05) is 5.16 Å². The molecule has 0 saturated carbocycles. The predicted molar refractivity (Wildman–Crippen MR) is 49.8 cm³/mol. The van der Waals surface area contributed by atoms with Crippen LogP contribution in [0, 0.1) is 0 Å². The summed E-state index contributed by atoms with van der Waals surface area (Å²) in [6, 6.07) is 0. The fraction of sp³-hybridized carbons (Fsp3) is 0.250. The molecule has 0 aliphatic heterocycles. The van der Waals surface area contributed by atoms with Gasteiger partial charge in [0.1, 0.15) is 11.5 Å². The van der Waals surface area contributed by atoms with Crippen LogP contribution in [0.15, 0.2) is 15.4 Å². The smallest absolute Gasteiger partial charge is 0.234 e. The molecular formula is C8H7N3O2S. The minimum Gasteiger partial charge on any atom is -0.338 e. The zero-order chi connectivity index (χ0) is 9.97. The van der Waals surface area contributed by atoms with Gasteiger partial charge in [0.25, 0.3) is 0 Å². The van der Waals surface area contributed by atoms with Crippen LogP contribution in [-0.2, 0) is 11.2 Å². The molecule has 0 aliphatic carbocycles. The Morgan fingerprint density at radius 3 is 3.14 bits per heavy atom. The normalized spacial score (nSPS) is 10.4. The Hall–Kier alpha value is -1.56. The van der Waals surface area contributed by atoms with Crippen molar-refractivity contribution in [2.45, 2.75) is 13.3 Å². The SMILES string of the molecule is CC(=O)Cc1nc(-c2cscn2)no1. The van der Waals surface area contributed by atoms with Gasteiger partial charge in [-0.3, -0.25) is 4.79 Å². The van der Waals surface area contributed by atoms with Crippen LogP contribution in [0.5, 0.6) is 0 Å². The van der Waals surface area contributed by atoms with Gasteiger partial charge in [0.15, 0.2) is 0 Å². The van der Waals surface area contributed by atoms with Gasteiger partial charge in [0.05, 0.1) is 11.9 Å². The fourth-order valence-corrected chi connectivity index (χ4v) is 1.50. The molecule has 2 rings (SSSR count). The van der Waals surface area contributed by atoms with Crippen LogP contribution in [0.4, 0.5) is 0 Å². The lowest BCUT2D eigenvalue weighted by atomic mass is 10.3. The van der Waals surface area contributed by atoms with E-state index in [-0.39, 0.29) is 12.2 Å². The number of carbonyl (C=O) groups excluding carboxylic acids is 1. The Balaban J connectivity index is 2.22. The molecule has 0 aliphatic rings. The highest BCUT2D eigenvalue weighted by Gasteiger charge is 2.10. The number of thiazole rings is 1. The first kappa shape index (κ1) is 9.01. The number of aromatic nitrogens is 3. The van der Waals surface area contributed by atoms with Crippen LogP contribution in [0.1, 0.15) is 12.8 Å². The number of rotatable bonds is 3. The zero-order valence-electron chi connectivity index (χ0n) is 7.43. The van der Waals surface area contributed by atoms with Crippen molar-refractivity contribution in [3.8, 4) is 11.5 Å². The number of carbonyl (C=O) groups is 1. The number of hydrogen-bond acceptors (Lipinski definition) is 6. The highest BCUT2D eigenvalue weighted by Crippen LogP contribution is 2.15. The van der Waals surface area contributed by atoms with Gasteiger partial charge in [0, 0.05) is 5.38 Å². The van der Waals surface area contributed by atoms with E-state index in [1.807, 2.05) is 5.38 Å². The summed E-state index contributed by atoms with van der Waals surface area (Å²) in [4.78, 5) is 18.8. The molecule has 2 aromatic rings. The first-order chi connectivity index (χ1) is 6.75. The van der Waals surface area contributed by atoms with Crippen molar-refractivity contribution in [2.24, 2.45) is 0 Å². The van der Waals surface area contributed by atoms with Crippen molar-refractivity contribution in [3.05, 3.63) is 16.8 Å². The maximum absolute atomic E-state index is 10.8. The van der Waals surface area contributed by atoms with E-state index in [1.54, 1.807) is 5.51 Å². The summed E-state index contributed by atoms with van der Waals surface area (Å²) in [5.74, 6) is 0.765. The third kappa shape index (κ3) is 1.85. The van der Waals surface area contributed by atoms with Crippen molar-refractivity contribution in [3.63, 3.8) is 0 Å². The van der Waals surface area contributed by atoms with Gasteiger partial charge >= 0.3 is 0 Å². The lowest BCUT2D eigenvalue weighted by Crippen LogP contribution is -1.95. The maximum atomic E-state index is 10.8. The second-order valence-corrected chi connectivity index (χ2v) is 3.48. The van der Waals surface area contributed by atoms with Crippen molar-refractivity contribution < 1.29 is 9.32 Å². The molecular weight excluding hydrogens is 202 g/mol. The Morgan fingerprint density at radius 1 is 1.64 bits per heavy atom. The fourth-order valence-electron chi connectivity index (χ4n) is 0.967. The Morgan fingerprint density at radius 2 is 2.50 bits per heavy atom. The first-order valence-corrected chi connectivity index (χ1v) is 4.90. The van der Waals surface area contributed by atoms with Crippen LogP contribution in [0.2, 0.25) is 0 Å². The molecule has 0 spiro atoms. The summed E-state index contributed by atoms with van der Waals surface area (Å²) >= 11 is 1.46. The van der Waals surface area contributed by atoms with E-state index in [2.05, 4.69) is 15.1 Å². The number of ketones is 1. The molecule has 72 valence electrons. The standard InChI is InChI=1S/C8H7N3O2S/c1-5(12)2-7-10-8(11-13-7)6-3-14-4-9-6/h3-4H,2H2,1H3. The van der Waals surface area contributed by atoms with Crippen LogP contribution in [-0.4, -0.2) is 20.9 Å². The molecule has 0 saturated heterocycles. The second-order valence-electron chi connectivity index (χ2n) is 2.76.